The Morgan fingerprint density at radius 2 is 0.583 bits per heavy atom. The Balaban J connectivity index is 0.000000140. The first-order chi connectivity index (χ1) is 41.4. The lowest BCUT2D eigenvalue weighted by molar-refractivity contribution is -0.121. The standard InChI is InChI=1S/3C24H30N2O2/c3*27-24(21-12-13-21)26(22-10-5-2-6-11-22)19-23-18-25(15-7-17-28-23)16-14-20-8-3-1-4-9-20/h3*1-6,8-11,21,23H,7,12-19H2. The van der Waals surface area contributed by atoms with Crippen LogP contribution in [0, 0.1) is 17.8 Å². The molecular formula is C72H90N6O6. The summed E-state index contributed by atoms with van der Waals surface area (Å²) < 4.78 is 18.5. The van der Waals surface area contributed by atoms with Crippen molar-refractivity contribution in [3.05, 3.63) is 199 Å². The van der Waals surface area contributed by atoms with Crippen molar-refractivity contribution in [2.45, 2.75) is 95.4 Å². The van der Waals surface area contributed by atoms with E-state index in [0.717, 1.165) is 173 Å². The summed E-state index contributed by atoms with van der Waals surface area (Å²) in [4.78, 5) is 52.1. The minimum atomic E-state index is 0.0566. The molecule has 444 valence electrons. The van der Waals surface area contributed by atoms with E-state index in [1.807, 2.05) is 106 Å². The molecule has 3 atom stereocenters. The van der Waals surface area contributed by atoms with Gasteiger partial charge in [0.25, 0.3) is 0 Å². The third-order valence-corrected chi connectivity index (χ3v) is 16.9. The molecule has 0 N–H and O–H groups in total. The number of benzene rings is 6. The zero-order chi connectivity index (χ0) is 57.6. The van der Waals surface area contributed by atoms with Gasteiger partial charge < -0.3 is 43.6 Å². The van der Waals surface area contributed by atoms with Gasteiger partial charge >= 0.3 is 0 Å². The molecule has 6 aliphatic rings. The number of para-hydroxylation sites is 3. The Morgan fingerprint density at radius 3 is 0.821 bits per heavy atom. The van der Waals surface area contributed by atoms with E-state index >= 15 is 0 Å². The number of carbonyl (C=O) groups excluding carboxylic acids is 3. The van der Waals surface area contributed by atoms with E-state index in [1.165, 1.54) is 16.7 Å². The topological polar surface area (TPSA) is 98.3 Å². The summed E-state index contributed by atoms with van der Waals surface area (Å²) >= 11 is 0. The van der Waals surface area contributed by atoms with Gasteiger partial charge in [-0.1, -0.05) is 146 Å². The number of carbonyl (C=O) groups is 3. The van der Waals surface area contributed by atoms with E-state index in [4.69, 9.17) is 14.2 Å². The molecule has 0 radical (unpaired) electrons. The lowest BCUT2D eigenvalue weighted by atomic mass is 10.1. The number of amides is 3. The highest BCUT2D eigenvalue weighted by Gasteiger charge is 2.38. The summed E-state index contributed by atoms with van der Waals surface area (Å²) in [5, 5.41) is 0. The minimum absolute atomic E-state index is 0.0566. The average molecular weight is 1140 g/mol. The molecule has 6 aromatic rings. The molecule has 3 saturated carbocycles. The summed E-state index contributed by atoms with van der Waals surface area (Å²) in [6.45, 7) is 13.2. The zero-order valence-corrected chi connectivity index (χ0v) is 49.5. The molecule has 12 rings (SSSR count). The van der Waals surface area contributed by atoms with Crippen LogP contribution in [0.15, 0.2) is 182 Å². The monoisotopic (exact) mass is 1130 g/mol. The smallest absolute Gasteiger partial charge is 0.230 e. The van der Waals surface area contributed by atoms with Crippen LogP contribution in [0.3, 0.4) is 0 Å². The average Bonchev–Trinajstić information content (AvgIpc) is 4.50. The molecule has 12 heteroatoms. The highest BCUT2D eigenvalue weighted by atomic mass is 16.5. The van der Waals surface area contributed by atoms with Crippen LogP contribution >= 0.6 is 0 Å². The molecule has 6 aromatic carbocycles. The maximum absolute atomic E-state index is 12.9. The molecule has 3 aliphatic heterocycles. The third kappa shape index (κ3) is 19.5. The van der Waals surface area contributed by atoms with Crippen molar-refractivity contribution in [2.24, 2.45) is 17.8 Å². The largest absolute Gasteiger partial charge is 0.375 e. The first-order valence-electron chi connectivity index (χ1n) is 31.6. The Kier molecular flexibility index (Phi) is 23.2. The van der Waals surface area contributed by atoms with E-state index in [0.29, 0.717) is 19.6 Å². The molecule has 3 heterocycles. The summed E-state index contributed by atoms with van der Waals surface area (Å²) in [5.41, 5.74) is 7.09. The second-order valence-electron chi connectivity index (χ2n) is 23.8. The van der Waals surface area contributed by atoms with E-state index in [-0.39, 0.29) is 53.8 Å². The van der Waals surface area contributed by atoms with Crippen LogP contribution in [0.2, 0.25) is 0 Å². The highest BCUT2D eigenvalue weighted by Crippen LogP contribution is 2.35. The zero-order valence-electron chi connectivity index (χ0n) is 49.5. The van der Waals surface area contributed by atoms with Gasteiger partial charge in [-0.25, -0.2) is 0 Å². The quantitative estimate of drug-likeness (QED) is 0.0698. The number of hydrogen-bond donors (Lipinski definition) is 0. The molecule has 3 aliphatic carbocycles. The van der Waals surface area contributed by atoms with E-state index in [1.54, 1.807) is 0 Å². The van der Waals surface area contributed by atoms with Crippen molar-refractivity contribution >= 4 is 34.8 Å². The van der Waals surface area contributed by atoms with Crippen molar-refractivity contribution in [1.29, 1.82) is 0 Å². The predicted molar refractivity (Wildman–Crippen MR) is 337 cm³/mol. The molecule has 12 nitrogen and oxygen atoms in total. The Hall–Kier alpha value is -6.51. The molecule has 0 aromatic heterocycles. The summed E-state index contributed by atoms with van der Waals surface area (Å²) in [6, 6.07) is 62.2. The van der Waals surface area contributed by atoms with Crippen molar-refractivity contribution in [1.82, 2.24) is 14.7 Å². The lowest BCUT2D eigenvalue weighted by Crippen LogP contribution is -2.44. The fourth-order valence-electron chi connectivity index (χ4n) is 11.7. The number of nitrogens with zero attached hydrogens (tertiary/aromatic N) is 6. The van der Waals surface area contributed by atoms with Crippen LogP contribution in [0.1, 0.15) is 74.5 Å². The van der Waals surface area contributed by atoms with Gasteiger partial charge in [-0.2, -0.15) is 0 Å². The molecule has 3 unspecified atom stereocenters. The van der Waals surface area contributed by atoms with Crippen LogP contribution in [0.25, 0.3) is 0 Å². The SMILES string of the molecule is O=C(C1CC1)N(CC1CN(CCc2ccccc2)CCCO1)c1ccccc1.O=C(C1CC1)N(CC1CN(CCc2ccccc2)CCCO1)c1ccccc1.O=C(C1CC1)N(CC1CN(CCc2ccccc2)CCCO1)c1ccccc1. The van der Waals surface area contributed by atoms with Crippen LogP contribution in [0.4, 0.5) is 17.1 Å². The molecular weight excluding hydrogens is 1040 g/mol. The van der Waals surface area contributed by atoms with Crippen molar-refractivity contribution < 1.29 is 28.6 Å². The van der Waals surface area contributed by atoms with Gasteiger partial charge in [0.05, 0.1) is 37.9 Å². The van der Waals surface area contributed by atoms with Crippen LogP contribution < -0.4 is 14.7 Å². The normalized spacial score (nSPS) is 20.5. The number of hydrogen-bond acceptors (Lipinski definition) is 9. The second kappa shape index (κ2) is 32.1. The highest BCUT2D eigenvalue weighted by molar-refractivity contribution is 5.97. The molecule has 0 spiro atoms. The summed E-state index contributed by atoms with van der Waals surface area (Å²) in [5.74, 6) is 1.40. The van der Waals surface area contributed by atoms with E-state index < -0.39 is 0 Å². The molecule has 3 saturated heterocycles. The third-order valence-electron chi connectivity index (χ3n) is 16.9. The Morgan fingerprint density at radius 1 is 0.345 bits per heavy atom. The summed E-state index contributed by atoms with van der Waals surface area (Å²) in [6.07, 6.45) is 12.6. The Bertz CT molecular complexity index is 2550. The number of anilines is 3. The predicted octanol–water partition coefficient (Wildman–Crippen LogP) is 11.3. The van der Waals surface area contributed by atoms with Crippen molar-refractivity contribution in [3.8, 4) is 0 Å². The number of ether oxygens (including phenoxy) is 3. The van der Waals surface area contributed by atoms with Gasteiger partial charge in [0, 0.05) is 114 Å². The first kappa shape index (κ1) is 60.6. The van der Waals surface area contributed by atoms with E-state index in [9.17, 15) is 14.4 Å². The number of rotatable bonds is 21. The lowest BCUT2D eigenvalue weighted by Gasteiger charge is -2.30. The van der Waals surface area contributed by atoms with Gasteiger partial charge in [-0.3, -0.25) is 14.4 Å². The van der Waals surface area contributed by atoms with Crippen LogP contribution in [-0.4, -0.2) is 149 Å². The fraction of sp³-hybridized carbons (Fsp3) is 0.458. The maximum atomic E-state index is 12.9. The fourth-order valence-corrected chi connectivity index (χ4v) is 11.7. The molecule has 6 fully saturated rings. The van der Waals surface area contributed by atoms with Crippen LogP contribution in [0.5, 0.6) is 0 Å². The van der Waals surface area contributed by atoms with Gasteiger partial charge in [0.15, 0.2) is 0 Å². The van der Waals surface area contributed by atoms with Crippen LogP contribution in [-0.2, 0) is 47.9 Å². The first-order valence-corrected chi connectivity index (χ1v) is 31.6. The molecule has 84 heavy (non-hydrogen) atoms. The van der Waals surface area contributed by atoms with Gasteiger partial charge in [0.1, 0.15) is 0 Å². The van der Waals surface area contributed by atoms with Crippen molar-refractivity contribution in [2.75, 3.05) is 113 Å². The summed E-state index contributed by atoms with van der Waals surface area (Å²) in [7, 11) is 0. The second-order valence-corrected chi connectivity index (χ2v) is 23.8. The van der Waals surface area contributed by atoms with Crippen molar-refractivity contribution in [3.63, 3.8) is 0 Å². The van der Waals surface area contributed by atoms with Gasteiger partial charge in [-0.05, 0) is 130 Å². The molecule has 3 amide bonds. The Labute approximate surface area is 500 Å². The minimum Gasteiger partial charge on any atom is -0.375 e. The maximum Gasteiger partial charge on any atom is 0.230 e. The molecule has 0 bridgehead atoms. The van der Waals surface area contributed by atoms with Gasteiger partial charge in [0.2, 0.25) is 17.7 Å². The van der Waals surface area contributed by atoms with E-state index in [2.05, 4.69) is 106 Å². The van der Waals surface area contributed by atoms with Gasteiger partial charge in [-0.15, -0.1) is 0 Å².